The molecule has 0 atom stereocenters. The summed E-state index contributed by atoms with van der Waals surface area (Å²) in [6.45, 7) is 0. The second-order valence-electron chi connectivity index (χ2n) is 5.45. The Labute approximate surface area is 155 Å². The summed E-state index contributed by atoms with van der Waals surface area (Å²) in [5, 5.41) is 21.6. The summed E-state index contributed by atoms with van der Waals surface area (Å²) in [5.41, 5.74) is 1.29. The Balaban J connectivity index is 1.63. The largest absolute Gasteiger partial charge is 0.507 e. The van der Waals surface area contributed by atoms with E-state index < -0.39 is 0 Å². The van der Waals surface area contributed by atoms with E-state index in [1.807, 2.05) is 6.07 Å². The van der Waals surface area contributed by atoms with Crippen molar-refractivity contribution in [3.8, 4) is 22.9 Å². The number of ether oxygens (including phenoxy) is 1. The fourth-order valence-corrected chi connectivity index (χ4v) is 3.05. The minimum atomic E-state index is -0.146. The third-order valence-corrected chi connectivity index (χ3v) is 4.71. The van der Waals surface area contributed by atoms with E-state index in [-0.39, 0.29) is 17.4 Å². The standard InChI is InChI=1S/C18H18N4O3S/c1-22-17(14-5-3-4-6-15(14)23)20-21-18(22)26-11-16(24)19-12-7-9-13(25-2)10-8-12/h3-10,23H,11H2,1-2H3,(H,19,24). The number of amides is 1. The van der Waals surface area contributed by atoms with Crippen molar-refractivity contribution >= 4 is 23.4 Å². The highest BCUT2D eigenvalue weighted by Crippen LogP contribution is 2.29. The summed E-state index contributed by atoms with van der Waals surface area (Å²) in [6.07, 6.45) is 0. The summed E-state index contributed by atoms with van der Waals surface area (Å²) in [7, 11) is 3.39. The molecule has 0 saturated heterocycles. The number of carbonyl (C=O) groups excluding carboxylic acids is 1. The molecule has 0 fully saturated rings. The number of phenolic OH excluding ortho intramolecular Hbond substituents is 1. The lowest BCUT2D eigenvalue weighted by Crippen LogP contribution is -2.14. The predicted octanol–water partition coefficient (Wildman–Crippen LogP) is 2.93. The zero-order valence-corrected chi connectivity index (χ0v) is 15.2. The van der Waals surface area contributed by atoms with Gasteiger partial charge in [-0.2, -0.15) is 0 Å². The first-order valence-electron chi connectivity index (χ1n) is 7.83. The van der Waals surface area contributed by atoms with Crippen molar-refractivity contribution in [3.05, 3.63) is 48.5 Å². The van der Waals surface area contributed by atoms with Crippen LogP contribution in [0.2, 0.25) is 0 Å². The van der Waals surface area contributed by atoms with Crippen LogP contribution >= 0.6 is 11.8 Å². The number of phenols is 1. The lowest BCUT2D eigenvalue weighted by atomic mass is 10.2. The Kier molecular flexibility index (Phi) is 5.43. The molecule has 0 radical (unpaired) electrons. The minimum Gasteiger partial charge on any atom is -0.507 e. The van der Waals surface area contributed by atoms with Gasteiger partial charge in [-0.3, -0.25) is 4.79 Å². The average molecular weight is 370 g/mol. The second-order valence-corrected chi connectivity index (χ2v) is 6.39. The van der Waals surface area contributed by atoms with Crippen LogP contribution in [0, 0.1) is 0 Å². The van der Waals surface area contributed by atoms with Gasteiger partial charge in [0.15, 0.2) is 11.0 Å². The van der Waals surface area contributed by atoms with E-state index in [4.69, 9.17) is 4.74 Å². The van der Waals surface area contributed by atoms with E-state index in [0.717, 1.165) is 5.75 Å². The highest BCUT2D eigenvalue weighted by molar-refractivity contribution is 7.99. The molecule has 0 aliphatic heterocycles. The molecular formula is C18H18N4O3S. The van der Waals surface area contributed by atoms with Gasteiger partial charge in [-0.1, -0.05) is 23.9 Å². The van der Waals surface area contributed by atoms with Crippen molar-refractivity contribution < 1.29 is 14.6 Å². The lowest BCUT2D eigenvalue weighted by Gasteiger charge is -2.07. The van der Waals surface area contributed by atoms with Crippen LogP contribution < -0.4 is 10.1 Å². The molecule has 1 heterocycles. The first-order valence-corrected chi connectivity index (χ1v) is 8.81. The van der Waals surface area contributed by atoms with Gasteiger partial charge in [0.1, 0.15) is 11.5 Å². The zero-order valence-electron chi connectivity index (χ0n) is 14.3. The van der Waals surface area contributed by atoms with Crippen LogP contribution in [-0.4, -0.2) is 38.6 Å². The van der Waals surface area contributed by atoms with Crippen LogP contribution in [0.5, 0.6) is 11.5 Å². The topological polar surface area (TPSA) is 89.3 Å². The third kappa shape index (κ3) is 3.97. The maximum absolute atomic E-state index is 12.1. The van der Waals surface area contributed by atoms with E-state index in [0.29, 0.717) is 22.2 Å². The number of methoxy groups -OCH3 is 1. The fourth-order valence-electron chi connectivity index (χ4n) is 2.34. The zero-order chi connectivity index (χ0) is 18.5. The third-order valence-electron chi connectivity index (χ3n) is 3.69. The highest BCUT2D eigenvalue weighted by Gasteiger charge is 2.15. The van der Waals surface area contributed by atoms with Crippen molar-refractivity contribution in [1.82, 2.24) is 14.8 Å². The van der Waals surface area contributed by atoms with Crippen LogP contribution in [0.4, 0.5) is 5.69 Å². The Morgan fingerprint density at radius 1 is 1.19 bits per heavy atom. The summed E-state index contributed by atoms with van der Waals surface area (Å²) in [5.74, 6) is 1.46. The van der Waals surface area contributed by atoms with E-state index in [2.05, 4.69) is 15.5 Å². The average Bonchev–Trinajstić information content (AvgIpc) is 3.01. The van der Waals surface area contributed by atoms with Gasteiger partial charge in [0.2, 0.25) is 5.91 Å². The van der Waals surface area contributed by atoms with Crippen molar-refractivity contribution in [2.45, 2.75) is 5.16 Å². The molecule has 0 unspecified atom stereocenters. The van der Waals surface area contributed by atoms with Gasteiger partial charge in [-0.15, -0.1) is 10.2 Å². The predicted molar refractivity (Wildman–Crippen MR) is 100 cm³/mol. The lowest BCUT2D eigenvalue weighted by molar-refractivity contribution is -0.113. The van der Waals surface area contributed by atoms with Gasteiger partial charge in [0, 0.05) is 12.7 Å². The molecule has 26 heavy (non-hydrogen) atoms. The van der Waals surface area contributed by atoms with Gasteiger partial charge < -0.3 is 19.7 Å². The van der Waals surface area contributed by atoms with Crippen molar-refractivity contribution in [2.24, 2.45) is 7.05 Å². The Hall–Kier alpha value is -3.00. The van der Waals surface area contributed by atoms with Crippen molar-refractivity contribution in [2.75, 3.05) is 18.2 Å². The smallest absolute Gasteiger partial charge is 0.234 e. The molecular weight excluding hydrogens is 352 g/mol. The normalized spacial score (nSPS) is 10.5. The number of para-hydroxylation sites is 1. The first kappa shape index (κ1) is 17.8. The van der Waals surface area contributed by atoms with Gasteiger partial charge in [0.25, 0.3) is 0 Å². The number of rotatable bonds is 6. The van der Waals surface area contributed by atoms with E-state index in [9.17, 15) is 9.90 Å². The van der Waals surface area contributed by atoms with Crippen LogP contribution in [0.25, 0.3) is 11.4 Å². The van der Waals surface area contributed by atoms with E-state index >= 15 is 0 Å². The number of hydrogen-bond acceptors (Lipinski definition) is 6. The number of thioether (sulfide) groups is 1. The molecule has 1 amide bonds. The highest BCUT2D eigenvalue weighted by atomic mass is 32.2. The molecule has 0 spiro atoms. The number of anilines is 1. The monoisotopic (exact) mass is 370 g/mol. The molecule has 1 aromatic heterocycles. The number of carbonyl (C=O) groups is 1. The molecule has 3 rings (SSSR count). The van der Waals surface area contributed by atoms with Crippen molar-refractivity contribution in [3.63, 3.8) is 0 Å². The SMILES string of the molecule is COc1ccc(NC(=O)CSc2nnc(-c3ccccc3O)n2C)cc1. The van der Waals surface area contributed by atoms with Gasteiger partial charge in [-0.25, -0.2) is 0 Å². The van der Waals surface area contributed by atoms with Crippen LogP contribution in [0.3, 0.4) is 0 Å². The Morgan fingerprint density at radius 3 is 2.62 bits per heavy atom. The minimum absolute atomic E-state index is 0.136. The fraction of sp³-hybridized carbons (Fsp3) is 0.167. The summed E-state index contributed by atoms with van der Waals surface area (Å²) in [6, 6.07) is 14.0. The summed E-state index contributed by atoms with van der Waals surface area (Å²) < 4.78 is 6.84. The Bertz CT molecular complexity index is 909. The maximum atomic E-state index is 12.1. The van der Waals surface area contributed by atoms with Crippen LogP contribution in [-0.2, 0) is 11.8 Å². The summed E-state index contributed by atoms with van der Waals surface area (Å²) >= 11 is 1.27. The van der Waals surface area contributed by atoms with E-state index in [1.54, 1.807) is 61.2 Å². The maximum Gasteiger partial charge on any atom is 0.234 e. The van der Waals surface area contributed by atoms with Crippen LogP contribution in [0.1, 0.15) is 0 Å². The molecule has 0 aliphatic rings. The van der Waals surface area contributed by atoms with E-state index in [1.165, 1.54) is 11.8 Å². The molecule has 0 bridgehead atoms. The van der Waals surface area contributed by atoms with Crippen molar-refractivity contribution in [1.29, 1.82) is 0 Å². The number of aromatic nitrogens is 3. The number of nitrogens with one attached hydrogen (secondary N) is 1. The summed E-state index contributed by atoms with van der Waals surface area (Å²) in [4.78, 5) is 12.1. The molecule has 0 saturated carbocycles. The molecule has 2 N–H and O–H groups in total. The van der Waals surface area contributed by atoms with Gasteiger partial charge in [-0.05, 0) is 36.4 Å². The molecule has 8 heteroatoms. The number of nitrogens with zero attached hydrogens (tertiary/aromatic N) is 3. The molecule has 134 valence electrons. The van der Waals surface area contributed by atoms with Crippen LogP contribution in [0.15, 0.2) is 53.7 Å². The molecule has 2 aromatic carbocycles. The second kappa shape index (κ2) is 7.92. The van der Waals surface area contributed by atoms with Gasteiger partial charge >= 0.3 is 0 Å². The first-order chi connectivity index (χ1) is 12.6. The Morgan fingerprint density at radius 2 is 1.92 bits per heavy atom. The number of aromatic hydroxyl groups is 1. The molecule has 0 aliphatic carbocycles. The van der Waals surface area contributed by atoms with Gasteiger partial charge in [0.05, 0.1) is 18.4 Å². The number of hydrogen-bond donors (Lipinski definition) is 2. The molecule has 3 aromatic rings. The quantitative estimate of drug-likeness (QED) is 0.649. The molecule has 7 nitrogen and oxygen atoms in total. The number of benzene rings is 2.